The molecule has 0 fully saturated rings. The predicted octanol–water partition coefficient (Wildman–Crippen LogP) is 2.55. The normalized spacial score (nSPS) is 22.7. The minimum absolute atomic E-state index is 0.195. The summed E-state index contributed by atoms with van der Waals surface area (Å²) in [5, 5.41) is 10.6. The number of carbonyl (C=O) groups excluding carboxylic acids is 2. The summed E-state index contributed by atoms with van der Waals surface area (Å²) in [6.07, 6.45) is 0.399. The number of benzene rings is 1. The van der Waals surface area contributed by atoms with Crippen LogP contribution in [0, 0.1) is 0 Å². The maximum atomic E-state index is 12.7. The minimum atomic E-state index is -1.05. The number of amides is 2. The highest BCUT2D eigenvalue weighted by molar-refractivity contribution is 7.12. The number of carbonyl (C=O) groups is 2. The summed E-state index contributed by atoms with van der Waals surface area (Å²) in [6.45, 7) is 1.44. The van der Waals surface area contributed by atoms with Gasteiger partial charge in [-0.1, -0.05) is 24.3 Å². The van der Waals surface area contributed by atoms with Crippen LogP contribution in [-0.4, -0.2) is 22.5 Å². The smallest absolute Gasteiger partial charge is 0.257 e. The molecule has 0 radical (unpaired) electrons. The Morgan fingerprint density at radius 2 is 2.14 bits per heavy atom. The average molecular weight is 311 g/mol. The summed E-state index contributed by atoms with van der Waals surface area (Å²) in [4.78, 5) is 25.8. The van der Waals surface area contributed by atoms with Gasteiger partial charge in [-0.3, -0.25) is 9.59 Å². The van der Waals surface area contributed by atoms with E-state index in [4.69, 9.17) is 0 Å². The molecular formula is C16H13N3O2S. The van der Waals surface area contributed by atoms with Crippen molar-refractivity contribution in [3.8, 4) is 0 Å². The summed E-state index contributed by atoms with van der Waals surface area (Å²) in [7, 11) is 0. The number of nitrogens with zero attached hydrogens (tertiary/aromatic N) is 2. The Labute approximate surface area is 131 Å². The van der Waals surface area contributed by atoms with Crippen LogP contribution >= 0.6 is 11.3 Å². The van der Waals surface area contributed by atoms with Gasteiger partial charge < -0.3 is 5.32 Å². The van der Waals surface area contributed by atoms with Crippen molar-refractivity contribution < 1.29 is 9.59 Å². The molecule has 2 aromatic rings. The molecule has 1 spiro atoms. The van der Waals surface area contributed by atoms with Crippen molar-refractivity contribution in [2.24, 2.45) is 5.10 Å². The van der Waals surface area contributed by atoms with Gasteiger partial charge in [-0.2, -0.15) is 5.10 Å². The third-order valence-electron chi connectivity index (χ3n) is 4.11. The van der Waals surface area contributed by atoms with Gasteiger partial charge in [0.25, 0.3) is 5.91 Å². The van der Waals surface area contributed by atoms with Crippen molar-refractivity contribution in [1.82, 2.24) is 5.01 Å². The highest BCUT2D eigenvalue weighted by Gasteiger charge is 2.56. The van der Waals surface area contributed by atoms with E-state index in [1.54, 1.807) is 11.3 Å². The van der Waals surface area contributed by atoms with Gasteiger partial charge in [-0.25, -0.2) is 5.01 Å². The highest BCUT2D eigenvalue weighted by Crippen LogP contribution is 2.47. The number of hydrogen-bond acceptors (Lipinski definition) is 4. The zero-order chi connectivity index (χ0) is 15.3. The van der Waals surface area contributed by atoms with Crippen LogP contribution in [0.5, 0.6) is 0 Å². The molecule has 110 valence electrons. The van der Waals surface area contributed by atoms with Gasteiger partial charge in [-0.15, -0.1) is 11.3 Å². The molecule has 0 saturated carbocycles. The van der Waals surface area contributed by atoms with Crippen LogP contribution in [0.25, 0.3) is 0 Å². The second-order valence-corrected chi connectivity index (χ2v) is 6.34. The molecule has 6 heteroatoms. The molecule has 5 nitrogen and oxygen atoms in total. The molecule has 0 saturated heterocycles. The van der Waals surface area contributed by atoms with Crippen molar-refractivity contribution in [2.75, 3.05) is 5.32 Å². The molecule has 1 aromatic heterocycles. The van der Waals surface area contributed by atoms with E-state index in [-0.39, 0.29) is 11.8 Å². The van der Waals surface area contributed by atoms with Crippen molar-refractivity contribution in [2.45, 2.75) is 18.9 Å². The molecule has 3 heterocycles. The molecule has 0 aliphatic carbocycles. The lowest BCUT2D eigenvalue weighted by atomic mass is 9.86. The highest BCUT2D eigenvalue weighted by atomic mass is 32.1. The molecule has 4 rings (SSSR count). The molecule has 22 heavy (non-hydrogen) atoms. The number of fused-ring (bicyclic) bond motifs is 2. The van der Waals surface area contributed by atoms with Crippen LogP contribution in [0.1, 0.15) is 23.8 Å². The Hall–Kier alpha value is -2.47. The topological polar surface area (TPSA) is 61.8 Å². The Morgan fingerprint density at radius 3 is 2.86 bits per heavy atom. The zero-order valence-corrected chi connectivity index (χ0v) is 12.7. The quantitative estimate of drug-likeness (QED) is 0.880. The van der Waals surface area contributed by atoms with Crippen LogP contribution in [-0.2, 0) is 15.1 Å². The molecule has 2 aliphatic heterocycles. The molecule has 0 unspecified atom stereocenters. The predicted molar refractivity (Wildman–Crippen MR) is 84.7 cm³/mol. The van der Waals surface area contributed by atoms with E-state index >= 15 is 0 Å². The van der Waals surface area contributed by atoms with Gasteiger partial charge >= 0.3 is 0 Å². The van der Waals surface area contributed by atoms with Crippen LogP contribution in [0.2, 0.25) is 0 Å². The summed E-state index contributed by atoms with van der Waals surface area (Å²) in [6, 6.07) is 11.4. The SMILES string of the molecule is CC(=O)N1N=C(c2cccs2)C[C@]12C(=O)Nc1ccccc12. The molecular weight excluding hydrogens is 298 g/mol. The maximum Gasteiger partial charge on any atom is 0.257 e. The van der Waals surface area contributed by atoms with E-state index in [2.05, 4.69) is 10.4 Å². The van der Waals surface area contributed by atoms with Crippen molar-refractivity contribution in [3.05, 3.63) is 52.2 Å². The lowest BCUT2D eigenvalue weighted by molar-refractivity contribution is -0.142. The van der Waals surface area contributed by atoms with Gasteiger partial charge in [-0.05, 0) is 17.5 Å². The molecule has 2 aliphatic rings. The van der Waals surface area contributed by atoms with Gasteiger partial charge in [0.15, 0.2) is 5.54 Å². The summed E-state index contributed by atoms with van der Waals surface area (Å²) in [5.74, 6) is -0.433. The average Bonchev–Trinajstić information content (AvgIpc) is 3.20. The number of thiophene rings is 1. The molecule has 1 aromatic carbocycles. The van der Waals surface area contributed by atoms with E-state index in [0.717, 1.165) is 21.8 Å². The molecule has 0 bridgehead atoms. The molecule has 1 N–H and O–H groups in total. The van der Waals surface area contributed by atoms with Gasteiger partial charge in [0.05, 0.1) is 10.6 Å². The number of para-hydroxylation sites is 1. The lowest BCUT2D eigenvalue weighted by Gasteiger charge is -2.29. The summed E-state index contributed by atoms with van der Waals surface area (Å²) < 4.78 is 0. The first kappa shape index (κ1) is 13.2. The second kappa shape index (κ2) is 4.51. The standard InChI is InChI=1S/C16H13N3O2S/c1-10(20)19-16(9-13(18-19)14-7-4-8-22-14)11-5-2-3-6-12(11)17-15(16)21/h2-8H,9H2,1H3,(H,17,21)/t16-/m0/s1. The fourth-order valence-corrected chi connectivity index (χ4v) is 3.87. The van der Waals surface area contributed by atoms with Crippen LogP contribution in [0.4, 0.5) is 5.69 Å². The van der Waals surface area contributed by atoms with Crippen molar-refractivity contribution in [3.63, 3.8) is 0 Å². The lowest BCUT2D eigenvalue weighted by Crippen LogP contribution is -2.47. The first-order valence-electron chi connectivity index (χ1n) is 6.96. The largest absolute Gasteiger partial charge is 0.323 e. The summed E-state index contributed by atoms with van der Waals surface area (Å²) >= 11 is 1.56. The van der Waals surface area contributed by atoms with Crippen molar-refractivity contribution in [1.29, 1.82) is 0 Å². The fourth-order valence-electron chi connectivity index (χ4n) is 3.16. The minimum Gasteiger partial charge on any atom is -0.323 e. The molecule has 1 atom stereocenters. The number of rotatable bonds is 1. The van der Waals surface area contributed by atoms with Crippen molar-refractivity contribution >= 4 is 34.6 Å². The van der Waals surface area contributed by atoms with Gasteiger partial charge in [0.1, 0.15) is 0 Å². The Kier molecular flexibility index (Phi) is 2.71. The molecule has 2 amide bonds. The number of hydrazone groups is 1. The van der Waals surface area contributed by atoms with Gasteiger partial charge in [0.2, 0.25) is 5.91 Å². The monoisotopic (exact) mass is 311 g/mol. The van der Waals surface area contributed by atoms with E-state index in [1.165, 1.54) is 11.9 Å². The fraction of sp³-hybridized carbons (Fsp3) is 0.188. The second-order valence-electron chi connectivity index (χ2n) is 5.39. The third-order valence-corrected chi connectivity index (χ3v) is 5.02. The number of anilines is 1. The van der Waals surface area contributed by atoms with E-state index in [1.807, 2.05) is 41.8 Å². The van der Waals surface area contributed by atoms with Crippen LogP contribution < -0.4 is 5.32 Å². The van der Waals surface area contributed by atoms with E-state index in [0.29, 0.717) is 6.42 Å². The Balaban J connectivity index is 1.89. The zero-order valence-electron chi connectivity index (χ0n) is 11.9. The third kappa shape index (κ3) is 1.61. The van der Waals surface area contributed by atoms with E-state index < -0.39 is 5.54 Å². The number of hydrogen-bond donors (Lipinski definition) is 1. The number of nitrogens with one attached hydrogen (secondary N) is 1. The van der Waals surface area contributed by atoms with Crippen LogP contribution in [0.15, 0.2) is 46.9 Å². The Morgan fingerprint density at radius 1 is 1.32 bits per heavy atom. The Bertz CT molecular complexity index is 813. The van der Waals surface area contributed by atoms with Gasteiger partial charge in [0, 0.05) is 24.6 Å². The first-order valence-corrected chi connectivity index (χ1v) is 7.84. The summed E-state index contributed by atoms with van der Waals surface area (Å²) in [5.41, 5.74) is 1.28. The van der Waals surface area contributed by atoms with E-state index in [9.17, 15) is 9.59 Å². The maximum absolute atomic E-state index is 12.7. The first-order chi connectivity index (χ1) is 10.6. The van der Waals surface area contributed by atoms with Crippen LogP contribution in [0.3, 0.4) is 0 Å².